The molecule has 1 aromatic rings. The van der Waals surface area contributed by atoms with E-state index >= 15 is 0 Å². The summed E-state index contributed by atoms with van der Waals surface area (Å²) < 4.78 is 0. The van der Waals surface area contributed by atoms with Gasteiger partial charge in [-0.25, -0.2) is 4.98 Å². The van der Waals surface area contributed by atoms with E-state index in [2.05, 4.69) is 53.1 Å². The molecule has 4 nitrogen and oxygen atoms in total. The highest BCUT2D eigenvalue weighted by molar-refractivity contribution is 5.40. The van der Waals surface area contributed by atoms with Gasteiger partial charge in [-0.15, -0.1) is 0 Å². The van der Waals surface area contributed by atoms with Crippen LogP contribution in [-0.4, -0.2) is 49.7 Å². The van der Waals surface area contributed by atoms with E-state index in [0.29, 0.717) is 5.92 Å². The third-order valence-corrected chi connectivity index (χ3v) is 4.03. The molecule has 1 aromatic heterocycles. The zero-order valence-electron chi connectivity index (χ0n) is 13.8. The fraction of sp³-hybridized carbons (Fsp3) is 0.706. The van der Waals surface area contributed by atoms with Gasteiger partial charge in [0, 0.05) is 32.9 Å². The van der Waals surface area contributed by atoms with Gasteiger partial charge in [0.2, 0.25) is 0 Å². The van der Waals surface area contributed by atoms with Gasteiger partial charge in [-0.3, -0.25) is 0 Å². The van der Waals surface area contributed by atoms with Gasteiger partial charge in [0.25, 0.3) is 0 Å². The topological polar surface area (TPSA) is 31.4 Å². The summed E-state index contributed by atoms with van der Waals surface area (Å²) in [6, 6.07) is 4.31. The number of anilines is 1. The number of aromatic nitrogens is 1. The molecule has 0 unspecified atom stereocenters. The molecule has 21 heavy (non-hydrogen) atoms. The number of hydrogen-bond donors (Lipinski definition) is 1. The van der Waals surface area contributed by atoms with E-state index in [0.717, 1.165) is 32.0 Å². The van der Waals surface area contributed by atoms with E-state index in [1.165, 1.54) is 31.5 Å². The average molecular weight is 290 g/mol. The third-order valence-electron chi connectivity index (χ3n) is 4.03. The monoisotopic (exact) mass is 290 g/mol. The van der Waals surface area contributed by atoms with Crippen molar-refractivity contribution in [1.29, 1.82) is 0 Å². The van der Waals surface area contributed by atoms with Crippen molar-refractivity contribution >= 4 is 5.82 Å². The first kappa shape index (κ1) is 16.2. The molecular formula is C17H30N4. The quantitative estimate of drug-likeness (QED) is 0.796. The summed E-state index contributed by atoms with van der Waals surface area (Å²) in [5.41, 5.74) is 1.31. The summed E-state index contributed by atoms with van der Waals surface area (Å²) in [4.78, 5) is 9.32. The lowest BCUT2D eigenvalue weighted by Gasteiger charge is -2.22. The van der Waals surface area contributed by atoms with Gasteiger partial charge in [-0.2, -0.15) is 0 Å². The van der Waals surface area contributed by atoms with Crippen molar-refractivity contribution in [3.63, 3.8) is 0 Å². The molecule has 0 aliphatic carbocycles. The zero-order valence-corrected chi connectivity index (χ0v) is 13.8. The molecule has 1 saturated heterocycles. The predicted octanol–water partition coefficient (Wildman–Crippen LogP) is 2.36. The van der Waals surface area contributed by atoms with Crippen LogP contribution in [0.2, 0.25) is 0 Å². The SMILES string of the molecule is CC(C)CNCc1ccnc(N(C)CCN2CCCC2)c1. The zero-order chi connectivity index (χ0) is 15.1. The van der Waals surface area contributed by atoms with E-state index in [9.17, 15) is 0 Å². The molecule has 1 aliphatic heterocycles. The number of nitrogens with one attached hydrogen (secondary N) is 1. The van der Waals surface area contributed by atoms with Crippen LogP contribution in [0.4, 0.5) is 5.82 Å². The van der Waals surface area contributed by atoms with E-state index in [1.54, 1.807) is 0 Å². The van der Waals surface area contributed by atoms with Crippen molar-refractivity contribution in [3.05, 3.63) is 23.9 Å². The van der Waals surface area contributed by atoms with Crippen LogP contribution in [-0.2, 0) is 6.54 Å². The second-order valence-corrected chi connectivity index (χ2v) is 6.52. The van der Waals surface area contributed by atoms with Crippen LogP contribution in [0.25, 0.3) is 0 Å². The van der Waals surface area contributed by atoms with Crippen LogP contribution in [0.15, 0.2) is 18.3 Å². The van der Waals surface area contributed by atoms with Gasteiger partial charge in [0.15, 0.2) is 0 Å². The van der Waals surface area contributed by atoms with Gasteiger partial charge in [0.05, 0.1) is 0 Å². The van der Waals surface area contributed by atoms with E-state index in [4.69, 9.17) is 0 Å². The summed E-state index contributed by atoms with van der Waals surface area (Å²) in [6.45, 7) is 11.2. The molecule has 2 heterocycles. The van der Waals surface area contributed by atoms with E-state index in [1.807, 2.05) is 6.20 Å². The summed E-state index contributed by atoms with van der Waals surface area (Å²) in [7, 11) is 2.14. The molecule has 118 valence electrons. The third kappa shape index (κ3) is 5.64. The predicted molar refractivity (Wildman–Crippen MR) is 89.7 cm³/mol. The Morgan fingerprint density at radius 3 is 2.81 bits per heavy atom. The number of pyridine rings is 1. The lowest BCUT2D eigenvalue weighted by Crippen LogP contribution is -2.31. The summed E-state index contributed by atoms with van der Waals surface area (Å²) in [6.07, 6.45) is 4.64. The lowest BCUT2D eigenvalue weighted by atomic mass is 10.2. The molecule has 1 aliphatic rings. The molecule has 0 saturated carbocycles. The van der Waals surface area contributed by atoms with Gasteiger partial charge in [-0.05, 0) is 56.1 Å². The van der Waals surface area contributed by atoms with Gasteiger partial charge < -0.3 is 15.1 Å². The maximum Gasteiger partial charge on any atom is 0.128 e. The minimum Gasteiger partial charge on any atom is -0.358 e. The van der Waals surface area contributed by atoms with Crippen LogP contribution >= 0.6 is 0 Å². The molecule has 1 N–H and O–H groups in total. The number of rotatable bonds is 8. The highest BCUT2D eigenvalue weighted by Gasteiger charge is 2.12. The molecule has 0 radical (unpaired) electrons. The first-order valence-electron chi connectivity index (χ1n) is 8.24. The second kappa shape index (κ2) is 8.35. The molecule has 4 heteroatoms. The van der Waals surface area contributed by atoms with E-state index < -0.39 is 0 Å². The first-order chi connectivity index (χ1) is 10.1. The highest BCUT2D eigenvalue weighted by Crippen LogP contribution is 2.12. The second-order valence-electron chi connectivity index (χ2n) is 6.52. The summed E-state index contributed by atoms with van der Waals surface area (Å²) >= 11 is 0. The molecule has 0 atom stereocenters. The molecular weight excluding hydrogens is 260 g/mol. The Bertz CT molecular complexity index is 413. The van der Waals surface area contributed by atoms with Gasteiger partial charge in [-0.1, -0.05) is 13.8 Å². The Balaban J connectivity index is 1.80. The van der Waals surface area contributed by atoms with Crippen LogP contribution in [0.3, 0.4) is 0 Å². The van der Waals surface area contributed by atoms with Crippen molar-refractivity contribution in [2.24, 2.45) is 5.92 Å². The molecule has 0 aromatic carbocycles. The van der Waals surface area contributed by atoms with Crippen molar-refractivity contribution < 1.29 is 0 Å². The number of hydrogen-bond acceptors (Lipinski definition) is 4. The summed E-state index contributed by atoms with van der Waals surface area (Å²) in [5, 5.41) is 3.49. The fourth-order valence-electron chi connectivity index (χ4n) is 2.70. The van der Waals surface area contributed by atoms with Crippen molar-refractivity contribution in [1.82, 2.24) is 15.2 Å². The van der Waals surface area contributed by atoms with Crippen molar-refractivity contribution in [2.45, 2.75) is 33.2 Å². The Labute approximate surface area is 129 Å². The normalized spacial score (nSPS) is 15.8. The van der Waals surface area contributed by atoms with Crippen LogP contribution in [0.5, 0.6) is 0 Å². The molecule has 2 rings (SSSR count). The Hall–Kier alpha value is -1.13. The van der Waals surface area contributed by atoms with Crippen molar-refractivity contribution in [3.8, 4) is 0 Å². The van der Waals surface area contributed by atoms with Gasteiger partial charge >= 0.3 is 0 Å². The minimum atomic E-state index is 0.689. The Kier molecular flexibility index (Phi) is 6.46. The van der Waals surface area contributed by atoms with Crippen LogP contribution in [0, 0.1) is 5.92 Å². The van der Waals surface area contributed by atoms with Crippen LogP contribution in [0.1, 0.15) is 32.3 Å². The first-order valence-corrected chi connectivity index (χ1v) is 8.24. The molecule has 1 fully saturated rings. The Morgan fingerprint density at radius 2 is 2.10 bits per heavy atom. The molecule has 0 spiro atoms. The minimum absolute atomic E-state index is 0.689. The maximum absolute atomic E-state index is 4.51. The maximum atomic E-state index is 4.51. The lowest BCUT2D eigenvalue weighted by molar-refractivity contribution is 0.346. The fourth-order valence-corrected chi connectivity index (χ4v) is 2.70. The standard InChI is InChI=1S/C17H30N4/c1-15(2)13-18-14-16-6-7-19-17(12-16)20(3)10-11-21-8-4-5-9-21/h6-7,12,15,18H,4-5,8-11,13-14H2,1-3H3. The molecule has 0 bridgehead atoms. The Morgan fingerprint density at radius 1 is 1.33 bits per heavy atom. The van der Waals surface area contributed by atoms with E-state index in [-0.39, 0.29) is 0 Å². The number of likely N-dealkylation sites (tertiary alicyclic amines) is 1. The smallest absolute Gasteiger partial charge is 0.128 e. The largest absolute Gasteiger partial charge is 0.358 e. The van der Waals surface area contributed by atoms with Crippen LogP contribution < -0.4 is 10.2 Å². The highest BCUT2D eigenvalue weighted by atomic mass is 15.2. The molecule has 0 amide bonds. The number of likely N-dealkylation sites (N-methyl/N-ethyl adjacent to an activating group) is 1. The number of nitrogens with zero attached hydrogens (tertiary/aromatic N) is 3. The van der Waals surface area contributed by atoms with Crippen molar-refractivity contribution in [2.75, 3.05) is 44.7 Å². The summed E-state index contributed by atoms with van der Waals surface area (Å²) in [5.74, 6) is 1.77. The average Bonchev–Trinajstić information content (AvgIpc) is 2.98. The van der Waals surface area contributed by atoms with Gasteiger partial charge in [0.1, 0.15) is 5.82 Å².